The van der Waals surface area contributed by atoms with Crippen LogP contribution in [0.5, 0.6) is 11.5 Å². The van der Waals surface area contributed by atoms with Crippen LogP contribution in [-0.4, -0.2) is 54.4 Å². The first-order valence-electron chi connectivity index (χ1n) is 23.4. The molecule has 9 rings (SSSR count). The molecule has 4 amide bonds. The van der Waals surface area contributed by atoms with Gasteiger partial charge in [-0.1, -0.05) is 52.2 Å². The van der Waals surface area contributed by atoms with E-state index in [1.165, 1.54) is 83.4 Å². The van der Waals surface area contributed by atoms with Gasteiger partial charge in [-0.05, 0) is 159 Å². The largest absolute Gasteiger partial charge is 0.490 e. The SMILES string of the molecule is Cc1cc(OCOC(=O)/C=C/c2ccc(OC3CCC4C(CCC5C4CCC4C(C(C)CCCC(C)C)CCC45)C3)cc2)cc(N2C(=O)C3C4C(=O)N(C)C(=O)C4C3C2=O)c1. The normalized spacial score (nSPS) is 34.5. The van der Waals surface area contributed by atoms with E-state index in [4.69, 9.17) is 14.2 Å². The minimum absolute atomic E-state index is 0.252. The topological polar surface area (TPSA) is 120 Å². The van der Waals surface area contributed by atoms with Gasteiger partial charge >= 0.3 is 5.97 Å². The molecule has 2 aromatic rings. The Kier molecular flexibility index (Phi) is 11.7. The van der Waals surface area contributed by atoms with Crippen LogP contribution in [0.25, 0.3) is 6.08 Å². The molecular formula is C51H64N2O8. The van der Waals surface area contributed by atoms with Gasteiger partial charge in [0.2, 0.25) is 30.4 Å². The van der Waals surface area contributed by atoms with E-state index in [9.17, 15) is 24.0 Å². The fourth-order valence-corrected chi connectivity index (χ4v) is 13.7. The first-order chi connectivity index (χ1) is 29.4. The first-order valence-corrected chi connectivity index (χ1v) is 23.4. The summed E-state index contributed by atoms with van der Waals surface area (Å²) in [6, 6.07) is 12.8. The van der Waals surface area contributed by atoms with Crippen LogP contribution >= 0.6 is 0 Å². The Morgan fingerprint density at radius 2 is 1.34 bits per heavy atom. The van der Waals surface area contributed by atoms with Crippen molar-refractivity contribution in [1.82, 2.24) is 4.90 Å². The summed E-state index contributed by atoms with van der Waals surface area (Å²) in [6.07, 6.45) is 19.8. The van der Waals surface area contributed by atoms with Crippen molar-refractivity contribution in [2.45, 2.75) is 111 Å². The zero-order valence-corrected chi connectivity index (χ0v) is 36.6. The van der Waals surface area contributed by atoms with Gasteiger partial charge in [0.1, 0.15) is 11.5 Å². The molecule has 2 saturated heterocycles. The van der Waals surface area contributed by atoms with Crippen LogP contribution in [0, 0.1) is 83.9 Å². The van der Waals surface area contributed by atoms with Crippen LogP contribution in [0.1, 0.15) is 109 Å². The number of aryl methyl sites for hydroxylation is 1. The number of likely N-dealkylation sites (tertiary alicyclic amines) is 1. The molecule has 13 unspecified atom stereocenters. The van der Waals surface area contributed by atoms with Crippen molar-refractivity contribution in [1.29, 1.82) is 0 Å². The van der Waals surface area contributed by atoms with Crippen molar-refractivity contribution in [3.8, 4) is 11.5 Å². The van der Waals surface area contributed by atoms with E-state index in [0.717, 1.165) is 87.2 Å². The van der Waals surface area contributed by atoms with Crippen LogP contribution in [0.2, 0.25) is 0 Å². The molecule has 5 aliphatic carbocycles. The minimum atomic E-state index is -0.835. The molecule has 0 N–H and O–H groups in total. The Balaban J connectivity index is 0.718. The monoisotopic (exact) mass is 832 g/mol. The number of anilines is 1. The van der Waals surface area contributed by atoms with Gasteiger partial charge in [-0.2, -0.15) is 0 Å². The summed E-state index contributed by atoms with van der Waals surface area (Å²) in [6.45, 7) is 8.70. The van der Waals surface area contributed by atoms with Crippen molar-refractivity contribution in [3.63, 3.8) is 0 Å². The summed E-state index contributed by atoms with van der Waals surface area (Å²) >= 11 is 0. The summed E-state index contributed by atoms with van der Waals surface area (Å²) in [5, 5.41) is 0. The number of fused-ring (bicyclic) bond motifs is 9. The highest BCUT2D eigenvalue weighted by atomic mass is 16.7. The highest BCUT2D eigenvalue weighted by molar-refractivity contribution is 6.27. The van der Waals surface area contributed by atoms with Crippen molar-refractivity contribution >= 4 is 41.4 Å². The molecular weight excluding hydrogens is 769 g/mol. The zero-order chi connectivity index (χ0) is 42.7. The Morgan fingerprint density at radius 1 is 0.721 bits per heavy atom. The van der Waals surface area contributed by atoms with Gasteiger partial charge in [-0.15, -0.1) is 0 Å². The molecule has 13 atom stereocenters. The van der Waals surface area contributed by atoms with E-state index in [1.807, 2.05) is 24.3 Å². The van der Waals surface area contributed by atoms with Gasteiger partial charge in [0.25, 0.3) is 0 Å². The van der Waals surface area contributed by atoms with Crippen LogP contribution in [0.4, 0.5) is 5.69 Å². The van der Waals surface area contributed by atoms with E-state index in [-0.39, 0.29) is 18.6 Å². The Bertz CT molecular complexity index is 2020. The average Bonchev–Trinajstić information content (AvgIpc) is 3.80. The third-order valence-corrected chi connectivity index (χ3v) is 16.6. The zero-order valence-electron chi connectivity index (χ0n) is 36.6. The molecule has 0 radical (unpaired) electrons. The molecule has 0 spiro atoms. The van der Waals surface area contributed by atoms with E-state index >= 15 is 0 Å². The fourth-order valence-electron chi connectivity index (χ4n) is 13.7. The van der Waals surface area contributed by atoms with E-state index in [1.54, 1.807) is 25.1 Å². The Labute approximate surface area is 361 Å². The average molecular weight is 833 g/mol. The molecule has 0 aromatic heterocycles. The molecule has 7 aliphatic rings. The maximum absolute atomic E-state index is 13.4. The number of amides is 4. The van der Waals surface area contributed by atoms with Gasteiger partial charge in [-0.25, -0.2) is 9.69 Å². The summed E-state index contributed by atoms with van der Waals surface area (Å²) in [4.78, 5) is 66.6. The second-order valence-corrected chi connectivity index (χ2v) is 20.3. The van der Waals surface area contributed by atoms with Crippen LogP contribution in [0.15, 0.2) is 48.5 Å². The first kappa shape index (κ1) is 41.9. The predicted molar refractivity (Wildman–Crippen MR) is 231 cm³/mol. The number of hydrogen-bond acceptors (Lipinski definition) is 8. The van der Waals surface area contributed by atoms with Crippen molar-refractivity contribution in [3.05, 3.63) is 59.7 Å². The molecule has 5 saturated carbocycles. The second kappa shape index (κ2) is 17.0. The lowest BCUT2D eigenvalue weighted by molar-refractivity contribution is -0.146. The minimum Gasteiger partial charge on any atom is -0.490 e. The Morgan fingerprint density at radius 3 is 2.07 bits per heavy atom. The van der Waals surface area contributed by atoms with E-state index in [2.05, 4.69) is 20.8 Å². The summed E-state index contributed by atoms with van der Waals surface area (Å²) < 4.78 is 17.6. The molecule has 10 nitrogen and oxygen atoms in total. The van der Waals surface area contributed by atoms with Crippen LogP contribution in [-0.2, 0) is 28.7 Å². The molecule has 7 fully saturated rings. The molecule has 61 heavy (non-hydrogen) atoms. The van der Waals surface area contributed by atoms with Crippen LogP contribution < -0.4 is 14.4 Å². The number of imide groups is 2. The summed E-state index contributed by atoms with van der Waals surface area (Å²) in [7, 11) is 1.39. The highest BCUT2D eigenvalue weighted by Crippen LogP contribution is 2.61. The van der Waals surface area contributed by atoms with Crippen molar-refractivity contribution < 1.29 is 38.2 Å². The molecule has 2 aromatic carbocycles. The van der Waals surface area contributed by atoms with Gasteiger partial charge in [0, 0.05) is 19.2 Å². The van der Waals surface area contributed by atoms with Crippen LogP contribution in [0.3, 0.4) is 0 Å². The van der Waals surface area contributed by atoms with Crippen molar-refractivity contribution in [2.75, 3.05) is 18.7 Å². The number of benzene rings is 2. The van der Waals surface area contributed by atoms with Gasteiger partial charge in [0.05, 0.1) is 35.5 Å². The van der Waals surface area contributed by atoms with E-state index in [0.29, 0.717) is 11.3 Å². The molecule has 10 heteroatoms. The standard InChI is InChI=1S/C51H64N2O8/c1-28(2)7-6-8-30(4)37-18-19-42-39(37)20-21-40-38-17-15-35(25-32(38)12-16-41(40)42)61-34-13-9-31(10-14-34)11-22-43(54)60-27-59-36-24-29(3)23-33(26-36)53-50(57)46-44-45(47(46)51(53)58)49(56)52(5)48(44)55/h9-11,13-14,22-24,26,28,30,32,35,37-42,44-47H,6-8,12,15-21,25,27H2,1-5H3/b22-11+. The molecule has 0 bridgehead atoms. The lowest BCUT2D eigenvalue weighted by Gasteiger charge is -2.53. The lowest BCUT2D eigenvalue weighted by Crippen LogP contribution is -2.50. The number of carbonyl (C=O) groups is 5. The fraction of sp³-hybridized carbons (Fsp3) is 0.627. The third-order valence-electron chi connectivity index (χ3n) is 16.6. The smallest absolute Gasteiger partial charge is 0.333 e. The quantitative estimate of drug-likeness (QED) is 0.0850. The van der Waals surface area contributed by atoms with Gasteiger partial charge in [0.15, 0.2) is 0 Å². The third kappa shape index (κ3) is 7.83. The Hall–Kier alpha value is -4.47. The molecule has 2 aliphatic heterocycles. The lowest BCUT2D eigenvalue weighted by atomic mass is 9.53. The predicted octanol–water partition coefficient (Wildman–Crippen LogP) is 9.03. The number of rotatable bonds is 13. The second-order valence-electron chi connectivity index (χ2n) is 20.3. The molecule has 2 heterocycles. The summed E-state index contributed by atoms with van der Waals surface area (Å²) in [5.74, 6) is 3.73. The maximum atomic E-state index is 13.4. The molecule has 326 valence electrons. The van der Waals surface area contributed by atoms with Gasteiger partial charge < -0.3 is 14.2 Å². The maximum Gasteiger partial charge on any atom is 0.333 e. The highest BCUT2D eigenvalue weighted by Gasteiger charge is 2.73. The summed E-state index contributed by atoms with van der Waals surface area (Å²) in [5.41, 5.74) is 1.85. The van der Waals surface area contributed by atoms with Crippen molar-refractivity contribution in [2.24, 2.45) is 76.9 Å². The number of ether oxygens (including phenoxy) is 3. The number of hydrogen-bond donors (Lipinski definition) is 0. The van der Waals surface area contributed by atoms with E-state index < -0.39 is 53.3 Å². The number of carbonyl (C=O) groups excluding carboxylic acids is 5. The van der Waals surface area contributed by atoms with Gasteiger partial charge in [-0.3, -0.25) is 24.1 Å². The number of esters is 1. The number of nitrogens with zero attached hydrogens (tertiary/aromatic N) is 2.